The Morgan fingerprint density at radius 3 is 2.86 bits per heavy atom. The van der Waals surface area contributed by atoms with E-state index >= 15 is 0 Å². The molecule has 0 bridgehead atoms. The fourth-order valence-corrected chi connectivity index (χ4v) is 3.16. The molecule has 6 nitrogen and oxygen atoms in total. The van der Waals surface area contributed by atoms with Crippen molar-refractivity contribution in [2.75, 3.05) is 40.0 Å². The van der Waals surface area contributed by atoms with Gasteiger partial charge in [0.2, 0.25) is 0 Å². The Hall–Kier alpha value is -1.44. The fraction of sp³-hybridized carbons (Fsp3) is 0.467. The van der Waals surface area contributed by atoms with E-state index < -0.39 is 0 Å². The summed E-state index contributed by atoms with van der Waals surface area (Å²) in [5, 5.41) is 5.44. The molecule has 1 aliphatic rings. The number of aromatic nitrogens is 2. The number of methoxy groups -OCH3 is 1. The van der Waals surface area contributed by atoms with Crippen molar-refractivity contribution in [2.45, 2.75) is 6.54 Å². The van der Waals surface area contributed by atoms with Gasteiger partial charge in [-0.2, -0.15) is 5.10 Å². The number of hydrogen-bond donors (Lipinski definition) is 0. The molecule has 0 aliphatic carbocycles. The van der Waals surface area contributed by atoms with Crippen LogP contribution in [-0.2, 0) is 16.0 Å². The molecule has 2 heterocycles. The highest BCUT2D eigenvalue weighted by atomic mass is 79.9. The molecule has 0 N–H and O–H groups in total. The summed E-state index contributed by atoms with van der Waals surface area (Å²) in [7, 11) is 1.39. The zero-order valence-corrected chi connectivity index (χ0v) is 14.0. The number of carbonyl (C=O) groups excluding carboxylic acids is 1. The van der Waals surface area contributed by atoms with E-state index in [1.807, 2.05) is 16.9 Å². The minimum Gasteiger partial charge on any atom is -0.465 e. The molecular weight excluding hydrogens is 350 g/mol. The fourth-order valence-electron chi connectivity index (χ4n) is 2.61. The Kier molecular flexibility index (Phi) is 4.75. The first-order chi connectivity index (χ1) is 10.7. The maximum atomic E-state index is 11.8. The van der Waals surface area contributed by atoms with Gasteiger partial charge in [-0.3, -0.25) is 9.58 Å². The molecule has 1 aliphatic heterocycles. The Balaban J connectivity index is 1.83. The minimum atomic E-state index is -0.344. The topological polar surface area (TPSA) is 56.6 Å². The Morgan fingerprint density at radius 2 is 2.14 bits per heavy atom. The first kappa shape index (κ1) is 15.5. The number of hydrogen-bond acceptors (Lipinski definition) is 5. The zero-order chi connectivity index (χ0) is 15.5. The SMILES string of the molecule is COC(=O)c1cc(Br)c2cnn(CCN3CCOCC3)c2c1. The molecule has 0 saturated carbocycles. The van der Waals surface area contributed by atoms with Crippen molar-refractivity contribution >= 4 is 32.8 Å². The zero-order valence-electron chi connectivity index (χ0n) is 12.4. The van der Waals surface area contributed by atoms with Crippen LogP contribution in [0.15, 0.2) is 22.8 Å². The summed E-state index contributed by atoms with van der Waals surface area (Å²) in [6.07, 6.45) is 1.82. The summed E-state index contributed by atoms with van der Waals surface area (Å²) in [6, 6.07) is 3.60. The van der Waals surface area contributed by atoms with Gasteiger partial charge in [0.1, 0.15) is 0 Å². The first-order valence-electron chi connectivity index (χ1n) is 7.22. The van der Waals surface area contributed by atoms with Gasteiger partial charge in [0.25, 0.3) is 0 Å². The van der Waals surface area contributed by atoms with Crippen LogP contribution in [0.5, 0.6) is 0 Å². The highest BCUT2D eigenvalue weighted by Crippen LogP contribution is 2.26. The van der Waals surface area contributed by atoms with Crippen LogP contribution in [0.3, 0.4) is 0 Å². The van der Waals surface area contributed by atoms with Crippen molar-refractivity contribution in [1.82, 2.24) is 14.7 Å². The van der Waals surface area contributed by atoms with Gasteiger partial charge in [-0.05, 0) is 12.1 Å². The molecule has 0 amide bonds. The van der Waals surface area contributed by atoms with Crippen LogP contribution < -0.4 is 0 Å². The van der Waals surface area contributed by atoms with Crippen molar-refractivity contribution in [2.24, 2.45) is 0 Å². The lowest BCUT2D eigenvalue weighted by molar-refractivity contribution is 0.0361. The van der Waals surface area contributed by atoms with Gasteiger partial charge in [0.05, 0.1) is 44.1 Å². The number of fused-ring (bicyclic) bond motifs is 1. The van der Waals surface area contributed by atoms with Gasteiger partial charge in [0.15, 0.2) is 0 Å². The average Bonchev–Trinajstić information content (AvgIpc) is 2.96. The second kappa shape index (κ2) is 6.76. The molecular formula is C15H18BrN3O3. The van der Waals surface area contributed by atoms with E-state index in [1.165, 1.54) is 7.11 Å². The monoisotopic (exact) mass is 367 g/mol. The van der Waals surface area contributed by atoms with Crippen LogP contribution in [0.25, 0.3) is 10.9 Å². The third-order valence-corrected chi connectivity index (χ3v) is 4.52. The predicted molar refractivity (Wildman–Crippen MR) is 86.0 cm³/mol. The summed E-state index contributed by atoms with van der Waals surface area (Å²) in [5.41, 5.74) is 1.46. The van der Waals surface area contributed by atoms with E-state index in [9.17, 15) is 4.79 Å². The van der Waals surface area contributed by atoms with Crippen LogP contribution in [0.1, 0.15) is 10.4 Å². The number of halogens is 1. The van der Waals surface area contributed by atoms with Gasteiger partial charge >= 0.3 is 5.97 Å². The van der Waals surface area contributed by atoms with Gasteiger partial charge in [-0.15, -0.1) is 0 Å². The lowest BCUT2D eigenvalue weighted by Gasteiger charge is -2.26. The number of benzene rings is 1. The molecule has 2 aromatic rings. The van der Waals surface area contributed by atoms with E-state index in [4.69, 9.17) is 9.47 Å². The number of morpholine rings is 1. The van der Waals surface area contributed by atoms with Crippen LogP contribution in [-0.4, -0.2) is 60.6 Å². The largest absolute Gasteiger partial charge is 0.465 e. The summed E-state index contributed by atoms with van der Waals surface area (Å²) in [4.78, 5) is 14.1. The number of ether oxygens (including phenoxy) is 2. The summed E-state index contributed by atoms with van der Waals surface area (Å²) < 4.78 is 12.9. The lowest BCUT2D eigenvalue weighted by atomic mass is 10.1. The molecule has 1 saturated heterocycles. The standard InChI is InChI=1S/C15H18BrN3O3/c1-21-15(20)11-8-13(16)12-10-17-19(14(12)9-11)3-2-18-4-6-22-7-5-18/h8-10H,2-7H2,1H3. The smallest absolute Gasteiger partial charge is 0.337 e. The molecule has 0 unspecified atom stereocenters. The van der Waals surface area contributed by atoms with E-state index in [-0.39, 0.29) is 5.97 Å². The van der Waals surface area contributed by atoms with Crippen LogP contribution in [0, 0.1) is 0 Å². The van der Waals surface area contributed by atoms with Crippen LogP contribution in [0.2, 0.25) is 0 Å². The molecule has 118 valence electrons. The second-order valence-electron chi connectivity index (χ2n) is 5.20. The van der Waals surface area contributed by atoms with E-state index in [0.29, 0.717) is 5.56 Å². The Bertz CT molecular complexity index is 680. The molecule has 0 atom stereocenters. The van der Waals surface area contributed by atoms with Gasteiger partial charge in [0, 0.05) is 29.5 Å². The Labute approximate surface area is 137 Å². The predicted octanol–water partition coefficient (Wildman–Crippen LogP) is 1.92. The minimum absolute atomic E-state index is 0.344. The van der Waals surface area contributed by atoms with Crippen molar-refractivity contribution in [3.8, 4) is 0 Å². The summed E-state index contributed by atoms with van der Waals surface area (Å²) in [6.45, 7) is 5.18. The average molecular weight is 368 g/mol. The normalized spacial score (nSPS) is 16.1. The number of esters is 1. The molecule has 1 fully saturated rings. The molecule has 3 rings (SSSR count). The maximum Gasteiger partial charge on any atom is 0.337 e. The number of carbonyl (C=O) groups is 1. The highest BCUT2D eigenvalue weighted by Gasteiger charge is 2.14. The number of nitrogens with zero attached hydrogens (tertiary/aromatic N) is 3. The van der Waals surface area contributed by atoms with Crippen molar-refractivity contribution in [3.05, 3.63) is 28.4 Å². The highest BCUT2D eigenvalue weighted by molar-refractivity contribution is 9.10. The van der Waals surface area contributed by atoms with E-state index in [0.717, 1.165) is 54.8 Å². The quantitative estimate of drug-likeness (QED) is 0.772. The van der Waals surface area contributed by atoms with Gasteiger partial charge < -0.3 is 9.47 Å². The van der Waals surface area contributed by atoms with Crippen LogP contribution >= 0.6 is 15.9 Å². The second-order valence-corrected chi connectivity index (χ2v) is 6.06. The summed E-state index contributed by atoms with van der Waals surface area (Å²) >= 11 is 3.50. The molecule has 7 heteroatoms. The van der Waals surface area contributed by atoms with Gasteiger partial charge in [-0.1, -0.05) is 15.9 Å². The van der Waals surface area contributed by atoms with E-state index in [1.54, 1.807) is 6.07 Å². The van der Waals surface area contributed by atoms with E-state index in [2.05, 4.69) is 25.9 Å². The Morgan fingerprint density at radius 1 is 1.36 bits per heavy atom. The van der Waals surface area contributed by atoms with Crippen molar-refractivity contribution < 1.29 is 14.3 Å². The molecule has 22 heavy (non-hydrogen) atoms. The third-order valence-electron chi connectivity index (χ3n) is 3.86. The van der Waals surface area contributed by atoms with Crippen molar-refractivity contribution in [1.29, 1.82) is 0 Å². The third kappa shape index (κ3) is 3.16. The molecule has 1 aromatic heterocycles. The van der Waals surface area contributed by atoms with Crippen molar-refractivity contribution in [3.63, 3.8) is 0 Å². The summed E-state index contributed by atoms with van der Waals surface area (Å²) in [5.74, 6) is -0.344. The first-order valence-corrected chi connectivity index (χ1v) is 8.02. The molecule has 0 spiro atoms. The lowest BCUT2D eigenvalue weighted by Crippen LogP contribution is -2.38. The number of rotatable bonds is 4. The van der Waals surface area contributed by atoms with Gasteiger partial charge in [-0.25, -0.2) is 4.79 Å². The molecule has 1 aromatic carbocycles. The molecule has 0 radical (unpaired) electrons. The van der Waals surface area contributed by atoms with Crippen LogP contribution in [0.4, 0.5) is 0 Å². The maximum absolute atomic E-state index is 11.8.